The van der Waals surface area contributed by atoms with E-state index in [4.69, 9.17) is 9.47 Å². The SMILES string of the molecule is C1CCOC1.C1CCOC1.[O-]c1ccccc1-c1nc2ccccc2[nH]1.[O-]c1ccccc1-c1nc2ccccc2[nH]1.[O-]c1ccccc1-c1nc2ccccc2[nH]1.[Sc+3]. The molecule has 0 spiro atoms. The van der Waals surface area contributed by atoms with Crippen LogP contribution in [0.3, 0.4) is 0 Å². The van der Waals surface area contributed by atoms with Gasteiger partial charge in [-0.2, -0.15) is 0 Å². The molecule has 5 heterocycles. The van der Waals surface area contributed by atoms with Gasteiger partial charge < -0.3 is 39.7 Å². The van der Waals surface area contributed by atoms with Crippen molar-refractivity contribution in [2.24, 2.45) is 0 Å². The zero-order valence-electron chi connectivity index (χ0n) is 32.5. The average molecular weight is 817 g/mol. The first-order chi connectivity index (χ1) is 28.5. The van der Waals surface area contributed by atoms with Gasteiger partial charge >= 0.3 is 25.8 Å². The van der Waals surface area contributed by atoms with Gasteiger partial charge in [0.25, 0.3) is 0 Å². The topological polar surface area (TPSA) is 174 Å². The minimum Gasteiger partial charge on any atom is -0.872 e. The van der Waals surface area contributed by atoms with Crippen molar-refractivity contribution in [2.75, 3.05) is 26.4 Å². The van der Waals surface area contributed by atoms with Gasteiger partial charge in [0.1, 0.15) is 17.5 Å². The third-order valence-electron chi connectivity index (χ3n) is 9.25. The molecule has 9 aromatic rings. The van der Waals surface area contributed by atoms with E-state index in [1.165, 1.54) is 25.7 Å². The number of ether oxygens (including phenoxy) is 2. The third-order valence-corrected chi connectivity index (χ3v) is 9.25. The summed E-state index contributed by atoms with van der Waals surface area (Å²) in [5.74, 6) is 1.86. The summed E-state index contributed by atoms with van der Waals surface area (Å²) in [6.07, 6.45) is 5.11. The van der Waals surface area contributed by atoms with Crippen molar-refractivity contribution in [2.45, 2.75) is 25.7 Å². The van der Waals surface area contributed by atoms with Gasteiger partial charge in [0.2, 0.25) is 0 Å². The van der Waals surface area contributed by atoms with E-state index in [2.05, 4.69) is 29.9 Å². The summed E-state index contributed by atoms with van der Waals surface area (Å²) in [6, 6.07) is 43.9. The van der Waals surface area contributed by atoms with Gasteiger partial charge in [0.05, 0.1) is 33.1 Å². The van der Waals surface area contributed by atoms with Crippen molar-refractivity contribution in [1.29, 1.82) is 0 Å². The Morgan fingerprint density at radius 3 is 0.847 bits per heavy atom. The minimum atomic E-state index is -0.0124. The monoisotopic (exact) mass is 816 g/mol. The van der Waals surface area contributed by atoms with E-state index in [0.29, 0.717) is 34.2 Å². The van der Waals surface area contributed by atoms with Crippen molar-refractivity contribution in [3.05, 3.63) is 146 Å². The Kier molecular flexibility index (Phi) is 15.6. The molecule has 0 saturated carbocycles. The third kappa shape index (κ3) is 11.5. The van der Waals surface area contributed by atoms with Crippen molar-refractivity contribution in [3.8, 4) is 51.4 Å². The molecule has 2 aliphatic rings. The molecule has 0 unspecified atom stereocenters. The quantitative estimate of drug-likeness (QED) is 0.159. The van der Waals surface area contributed by atoms with E-state index in [0.717, 1.165) is 59.5 Å². The number of nitrogens with zero attached hydrogens (tertiary/aromatic N) is 3. The summed E-state index contributed by atoms with van der Waals surface area (Å²) >= 11 is 0. The second-order valence-corrected chi connectivity index (χ2v) is 13.4. The van der Waals surface area contributed by atoms with Crippen LogP contribution < -0.4 is 15.3 Å². The van der Waals surface area contributed by atoms with Crippen LogP contribution in [0.1, 0.15) is 25.7 Å². The molecule has 2 fully saturated rings. The van der Waals surface area contributed by atoms with Crippen LogP contribution in [0.15, 0.2) is 146 Å². The van der Waals surface area contributed by atoms with Gasteiger partial charge in [-0.25, -0.2) is 15.0 Å². The molecular weight excluding hydrogens is 774 g/mol. The van der Waals surface area contributed by atoms with Crippen LogP contribution in [0.25, 0.3) is 67.3 Å². The number of rotatable bonds is 3. The van der Waals surface area contributed by atoms with Crippen LogP contribution in [0.2, 0.25) is 0 Å². The van der Waals surface area contributed by atoms with Gasteiger partial charge in [0.15, 0.2) is 0 Å². The van der Waals surface area contributed by atoms with Gasteiger partial charge in [-0.3, -0.25) is 0 Å². The standard InChI is InChI=1S/3C13H10N2O.2C4H8O.Sc/c3*16-12-8-4-1-5-9(12)13-14-10-6-2-3-7-11(10)15-13;2*1-2-4-5-3-1;/h3*1-8,16H,(H,14,15);2*1-4H2;/q;;;;;+3/p-3. The molecule has 6 aromatic carbocycles. The first kappa shape index (κ1) is 42.5. The number of benzene rings is 6. The molecular formula is C47H43N6O5Sc. The van der Waals surface area contributed by atoms with E-state index < -0.39 is 0 Å². The molecule has 0 bridgehead atoms. The van der Waals surface area contributed by atoms with Crippen LogP contribution >= 0.6 is 0 Å². The number of hydrogen-bond donors (Lipinski definition) is 3. The van der Waals surface area contributed by atoms with Crippen molar-refractivity contribution >= 4 is 33.1 Å². The molecule has 0 aliphatic carbocycles. The first-order valence-corrected chi connectivity index (χ1v) is 19.3. The smallest absolute Gasteiger partial charge is 0.872 e. The number of aromatic nitrogens is 6. The molecule has 0 radical (unpaired) electrons. The van der Waals surface area contributed by atoms with Gasteiger partial charge in [-0.15, -0.1) is 0 Å². The zero-order chi connectivity index (χ0) is 39.9. The molecule has 59 heavy (non-hydrogen) atoms. The molecule has 3 N–H and O–H groups in total. The maximum Gasteiger partial charge on any atom is 3.00 e. The molecule has 2 aliphatic heterocycles. The molecule has 0 atom stereocenters. The fourth-order valence-corrected chi connectivity index (χ4v) is 6.25. The van der Waals surface area contributed by atoms with Gasteiger partial charge in [-0.05, 0) is 62.1 Å². The molecule has 11 nitrogen and oxygen atoms in total. The predicted octanol–water partition coefficient (Wildman–Crippen LogP) is 8.50. The van der Waals surface area contributed by atoms with Crippen molar-refractivity contribution < 1.29 is 50.6 Å². The van der Waals surface area contributed by atoms with E-state index in [1.54, 1.807) is 54.6 Å². The van der Waals surface area contributed by atoms with Crippen LogP contribution in [-0.4, -0.2) is 56.3 Å². The van der Waals surface area contributed by atoms with Crippen molar-refractivity contribution in [3.63, 3.8) is 0 Å². The van der Waals surface area contributed by atoms with Crippen LogP contribution in [0.5, 0.6) is 17.2 Å². The van der Waals surface area contributed by atoms with E-state index in [1.807, 2.05) is 91.0 Å². The maximum atomic E-state index is 11.6. The Labute approximate surface area is 360 Å². The van der Waals surface area contributed by atoms with Crippen molar-refractivity contribution in [1.82, 2.24) is 29.9 Å². The number of H-pyrrole nitrogens is 3. The molecule has 2 saturated heterocycles. The van der Waals surface area contributed by atoms with Crippen LogP contribution in [0, 0.1) is 0 Å². The molecule has 3 aromatic heterocycles. The fourth-order valence-electron chi connectivity index (χ4n) is 6.25. The number of aromatic amines is 3. The van der Waals surface area contributed by atoms with Gasteiger partial charge in [0, 0.05) is 43.1 Å². The predicted molar refractivity (Wildman–Crippen MR) is 223 cm³/mol. The van der Waals surface area contributed by atoms with E-state index in [-0.39, 0.29) is 43.1 Å². The molecule has 11 rings (SSSR count). The Bertz CT molecular complexity index is 2270. The Hall–Kier alpha value is -6.08. The summed E-state index contributed by atoms with van der Waals surface area (Å²) in [7, 11) is 0. The summed E-state index contributed by atoms with van der Waals surface area (Å²) in [5, 5.41) is 34.9. The normalized spacial score (nSPS) is 12.8. The second-order valence-electron chi connectivity index (χ2n) is 13.4. The number of imidazole rings is 3. The average Bonchev–Trinajstić information content (AvgIpc) is 4.12. The summed E-state index contributed by atoms with van der Waals surface area (Å²) in [6.45, 7) is 4.00. The van der Waals surface area contributed by atoms with Gasteiger partial charge in [-0.1, -0.05) is 126 Å². The zero-order valence-corrected chi connectivity index (χ0v) is 34.3. The summed E-state index contributed by atoms with van der Waals surface area (Å²) < 4.78 is 9.89. The molecule has 0 amide bonds. The molecule has 294 valence electrons. The van der Waals surface area contributed by atoms with E-state index >= 15 is 0 Å². The molecule has 12 heteroatoms. The number of fused-ring (bicyclic) bond motifs is 3. The number of hydrogen-bond acceptors (Lipinski definition) is 8. The number of nitrogens with one attached hydrogen (secondary N) is 3. The van der Waals surface area contributed by atoms with E-state index in [9.17, 15) is 15.3 Å². The summed E-state index contributed by atoms with van der Waals surface area (Å²) in [4.78, 5) is 22.6. The first-order valence-electron chi connectivity index (χ1n) is 19.3. The van der Waals surface area contributed by atoms with Crippen LogP contribution in [0.4, 0.5) is 0 Å². The minimum absolute atomic E-state index is 0. The van der Waals surface area contributed by atoms with Crippen LogP contribution in [-0.2, 0) is 35.3 Å². The Morgan fingerprint density at radius 1 is 0.356 bits per heavy atom. The number of para-hydroxylation sites is 9. The maximum absolute atomic E-state index is 11.6. The second kappa shape index (κ2) is 21.6. The summed E-state index contributed by atoms with van der Waals surface area (Å²) in [5.41, 5.74) is 7.29. The largest absolute Gasteiger partial charge is 3.00 e. The Balaban J connectivity index is 0.000000132. The Morgan fingerprint density at radius 2 is 0.610 bits per heavy atom. The fraction of sp³-hybridized carbons (Fsp3) is 0.170.